The minimum atomic E-state index is 0.0488. The molecule has 122 heavy (non-hydrogen) atoms. The van der Waals surface area contributed by atoms with Crippen LogP contribution in [0.1, 0.15) is 158 Å². The van der Waals surface area contributed by atoms with Gasteiger partial charge in [0.2, 0.25) is 23.5 Å². The Hall–Kier alpha value is -13.3. The zero-order chi connectivity index (χ0) is 83.6. The Morgan fingerprint density at radius 3 is 1.20 bits per heavy atom. The summed E-state index contributed by atoms with van der Waals surface area (Å²) >= 11 is 0. The van der Waals surface area contributed by atoms with Gasteiger partial charge in [-0.25, -0.2) is 24.9 Å². The van der Waals surface area contributed by atoms with Crippen LogP contribution in [0.4, 0.5) is 0 Å². The second-order valence-electron chi connectivity index (χ2n) is 33.5. The van der Waals surface area contributed by atoms with Gasteiger partial charge in [0.15, 0.2) is 0 Å². The first kappa shape index (κ1) is 79.8. The first-order valence-electron chi connectivity index (χ1n) is 42.5. The number of aromatic nitrogens is 16. The van der Waals surface area contributed by atoms with E-state index in [2.05, 4.69) is 85.1 Å². The molecular formula is C94H98N20O8. The smallest absolute Gasteiger partial charge is 0.256 e. The van der Waals surface area contributed by atoms with Crippen LogP contribution in [0.3, 0.4) is 0 Å². The number of ether oxygens (including phenoxy) is 4. The van der Waals surface area contributed by atoms with Crippen molar-refractivity contribution in [2.75, 3.05) is 26.4 Å². The fourth-order valence-electron chi connectivity index (χ4n) is 19.8. The lowest BCUT2D eigenvalue weighted by Crippen LogP contribution is -2.38. The highest BCUT2D eigenvalue weighted by molar-refractivity contribution is 6.06. The van der Waals surface area contributed by atoms with Gasteiger partial charge in [-0.3, -0.25) is 29.1 Å². The van der Waals surface area contributed by atoms with Crippen molar-refractivity contribution in [3.63, 3.8) is 0 Å². The number of carbonyl (C=O) groups is 4. The van der Waals surface area contributed by atoms with Crippen molar-refractivity contribution in [3.8, 4) is 40.6 Å². The molecule has 0 aliphatic carbocycles. The zero-order valence-corrected chi connectivity index (χ0v) is 69.5. The van der Waals surface area contributed by atoms with Crippen LogP contribution in [0.25, 0.3) is 39.0 Å². The highest BCUT2D eigenvalue weighted by Gasteiger charge is 2.53. The number of aryl methyl sites for hydroxylation is 7. The van der Waals surface area contributed by atoms with E-state index in [1.54, 1.807) is 49.6 Å². The molecule has 28 nitrogen and oxygen atoms in total. The molecule has 12 atom stereocenters. The molecule has 28 heteroatoms. The average molecular weight is 1640 g/mol. The average Bonchev–Trinajstić information content (AvgIpc) is 1.62. The molecule has 16 heterocycles. The van der Waals surface area contributed by atoms with Gasteiger partial charge in [-0.05, 0) is 197 Å². The van der Waals surface area contributed by atoms with E-state index in [0.717, 1.165) is 138 Å². The molecule has 8 saturated heterocycles. The van der Waals surface area contributed by atoms with E-state index in [0.29, 0.717) is 113 Å². The summed E-state index contributed by atoms with van der Waals surface area (Å²) in [7, 11) is 0. The summed E-state index contributed by atoms with van der Waals surface area (Å²) in [4.78, 5) is 98.4. The molecule has 5 aromatic carbocycles. The van der Waals surface area contributed by atoms with Gasteiger partial charge in [-0.2, -0.15) is 45.0 Å². The van der Waals surface area contributed by atoms with Crippen LogP contribution in [0, 0.1) is 72.1 Å². The third-order valence-corrected chi connectivity index (χ3v) is 25.5. The number of nitrogens with zero attached hydrogens (tertiary/aromatic N) is 20. The molecule has 8 bridgehead atoms. The van der Waals surface area contributed by atoms with Crippen LogP contribution < -0.4 is 18.9 Å². The Bertz CT molecular complexity index is 5930. The van der Waals surface area contributed by atoms with Crippen molar-refractivity contribution in [1.82, 2.24) is 99.5 Å². The Morgan fingerprint density at radius 1 is 0.336 bits per heavy atom. The van der Waals surface area contributed by atoms with E-state index in [1.165, 1.54) is 14.4 Å². The molecule has 8 fully saturated rings. The lowest BCUT2D eigenvalue weighted by molar-refractivity contribution is 0.0700. The summed E-state index contributed by atoms with van der Waals surface area (Å²) in [6.45, 7) is 16.0. The predicted octanol–water partition coefficient (Wildman–Crippen LogP) is 14.0. The molecule has 8 aromatic heterocycles. The number of hydrogen-bond donors (Lipinski definition) is 0. The third kappa shape index (κ3) is 16.4. The van der Waals surface area contributed by atoms with Crippen molar-refractivity contribution in [2.24, 2.45) is 23.7 Å². The minimum absolute atomic E-state index is 0.0488. The summed E-state index contributed by atoms with van der Waals surface area (Å²) in [6, 6.07) is 46.4. The first-order chi connectivity index (χ1) is 59.5. The fraction of sp³-hybridized carbons (Fsp3) is 0.372. The predicted molar refractivity (Wildman–Crippen MR) is 455 cm³/mol. The number of amides is 4. The molecule has 0 radical (unpaired) electrons. The van der Waals surface area contributed by atoms with E-state index in [1.807, 2.05) is 200 Å². The van der Waals surface area contributed by atoms with Gasteiger partial charge in [0.25, 0.3) is 23.6 Å². The second kappa shape index (κ2) is 34.8. The third-order valence-electron chi connectivity index (χ3n) is 25.5. The van der Waals surface area contributed by atoms with Crippen molar-refractivity contribution in [2.45, 2.75) is 174 Å². The summed E-state index contributed by atoms with van der Waals surface area (Å²) < 4.78 is 24.1. The lowest BCUT2D eigenvalue weighted by atomic mass is 9.90. The standard InChI is InChI=1S/C26H26N6O2.C23H26N6O2.C23H23N3O2.C22H23N5O2/c1-16-7-9-24(32-27-11-12-28-32)20(13-16)26(33)31-19-8-10-23(31)18(14-19)15-34-25-17(2)29-21-5-3-4-6-22(21)30-25;1-14-4-6-21(29-25-8-9-26-29)19(10-14)23(30)28-18-5-7-20(28)17(11-18)13-31-22-16(3)24-12-15(2)27-22;1-15-7-10-21(25-13-15)28-14-17-12-18-8-9-20(17)26(18)23(27)19-6-2-4-16-5-3-11-24-22(16)19;1-15-6-9-21(23-13-15)29-14-16-12-17-7-8-19(16)26(17)22(28)18-4-2-3-5-20(18)27-24-10-11-25-27/h3-7,9,11-13,18-19,23H,8,10,14-15H2,1-2H3;4,6,8-10,12,17-18,20H,5,7,11,13H2,1-3H3;2-7,10-11,13,17-18,20H,8-9,12,14H2,1H3;2-6,9-11,13,16-17,19H,7-8,12,14H2,1H3. The molecule has 8 aliphatic rings. The zero-order valence-electron chi connectivity index (χ0n) is 69.5. The van der Waals surface area contributed by atoms with Crippen LogP contribution in [0.2, 0.25) is 0 Å². The van der Waals surface area contributed by atoms with Crippen LogP contribution in [0.15, 0.2) is 201 Å². The number of carbonyl (C=O) groups excluding carboxylic acids is 4. The normalized spacial score (nSPS) is 22.4. The Labute approximate surface area is 707 Å². The highest BCUT2D eigenvalue weighted by Crippen LogP contribution is 2.48. The van der Waals surface area contributed by atoms with E-state index in [4.69, 9.17) is 18.9 Å². The lowest BCUT2D eigenvalue weighted by Gasteiger charge is -2.25. The maximum absolute atomic E-state index is 13.8. The van der Waals surface area contributed by atoms with E-state index >= 15 is 0 Å². The van der Waals surface area contributed by atoms with Gasteiger partial charge in [-0.1, -0.05) is 77.9 Å². The number of hydrogen-bond acceptors (Lipinski definition) is 21. The SMILES string of the molecule is Cc1ccc(-n2nccn2)c(C(=O)N2C3CCC2C(COc2nc(C)cnc2C)C3)c1.Cc1ccc(-n2nccn2)c(C(=O)N2C3CCC2C(COc2nc4ccccc4nc2C)C3)c1.Cc1ccc(OCC2CC3CCC2N3C(=O)c2cccc3cccnc23)nc1.Cc1ccc(OCC2CC3CCC2N3C(=O)c2ccccc2-n2nccn2)nc1. The van der Waals surface area contributed by atoms with Crippen LogP contribution in [-0.2, 0) is 0 Å². The topological polar surface area (TPSA) is 301 Å². The maximum atomic E-state index is 13.8. The summed E-state index contributed by atoms with van der Waals surface area (Å²) in [5.74, 6) is 3.98. The Kier molecular flexibility index (Phi) is 22.8. The van der Waals surface area contributed by atoms with Crippen molar-refractivity contribution in [1.29, 1.82) is 0 Å². The molecule has 4 amide bonds. The molecular weight excluding hydrogens is 1540 g/mol. The molecule has 8 aliphatic heterocycles. The first-order valence-corrected chi connectivity index (χ1v) is 42.5. The van der Waals surface area contributed by atoms with Gasteiger partial charge in [-0.15, -0.1) is 0 Å². The Balaban J connectivity index is 0.000000111. The van der Waals surface area contributed by atoms with Crippen LogP contribution in [-0.4, -0.2) is 198 Å². The largest absolute Gasteiger partial charge is 0.477 e. The fourth-order valence-corrected chi connectivity index (χ4v) is 19.8. The van der Waals surface area contributed by atoms with Crippen LogP contribution >= 0.6 is 0 Å². The molecule has 622 valence electrons. The number of pyridine rings is 3. The van der Waals surface area contributed by atoms with Gasteiger partial charge in [0, 0.05) is 114 Å². The molecule has 21 rings (SSSR count). The Morgan fingerprint density at radius 2 is 0.730 bits per heavy atom. The quantitative estimate of drug-likeness (QED) is 0.0726. The molecule has 0 N–H and O–H groups in total. The summed E-state index contributed by atoms with van der Waals surface area (Å²) in [6.07, 6.45) is 29.0. The molecule has 13 aromatic rings. The number of rotatable bonds is 19. The van der Waals surface area contributed by atoms with E-state index in [9.17, 15) is 19.2 Å². The molecule has 0 spiro atoms. The number of benzene rings is 5. The van der Waals surface area contributed by atoms with Crippen molar-refractivity contribution >= 4 is 45.6 Å². The molecule has 12 unspecified atom stereocenters. The molecule has 0 saturated carbocycles. The number of para-hydroxylation sites is 4. The minimum Gasteiger partial charge on any atom is -0.477 e. The van der Waals surface area contributed by atoms with Gasteiger partial charge in [0.05, 0.1) is 131 Å². The second-order valence-corrected chi connectivity index (χ2v) is 33.5. The van der Waals surface area contributed by atoms with Crippen LogP contribution in [0.5, 0.6) is 23.5 Å². The van der Waals surface area contributed by atoms with E-state index < -0.39 is 0 Å². The van der Waals surface area contributed by atoms with Crippen molar-refractivity contribution in [3.05, 3.63) is 263 Å². The maximum Gasteiger partial charge on any atom is 0.256 e. The monoisotopic (exact) mass is 1630 g/mol. The highest BCUT2D eigenvalue weighted by atomic mass is 16.5. The van der Waals surface area contributed by atoms with Gasteiger partial charge in [0.1, 0.15) is 5.69 Å². The van der Waals surface area contributed by atoms with Gasteiger partial charge < -0.3 is 38.5 Å². The summed E-state index contributed by atoms with van der Waals surface area (Å²) in [5.41, 5.74) is 14.0. The van der Waals surface area contributed by atoms with Crippen molar-refractivity contribution < 1.29 is 38.1 Å². The number of fused-ring (bicyclic) bond motifs is 10. The van der Waals surface area contributed by atoms with Gasteiger partial charge >= 0.3 is 0 Å². The summed E-state index contributed by atoms with van der Waals surface area (Å²) in [5, 5.41) is 26.4. The van der Waals surface area contributed by atoms with E-state index in [-0.39, 0.29) is 71.8 Å².